The maximum atomic E-state index is 13.1. The number of anilines is 1. The third kappa shape index (κ3) is 4.33. The van der Waals surface area contributed by atoms with E-state index in [1.165, 1.54) is 15.7 Å². The number of aromatic amines is 1. The van der Waals surface area contributed by atoms with E-state index in [2.05, 4.69) is 19.9 Å². The fourth-order valence-corrected chi connectivity index (χ4v) is 4.19. The first-order chi connectivity index (χ1) is 17.5. The number of H-pyrrole nitrogens is 1. The Labute approximate surface area is 206 Å². The molecule has 0 atom stereocenters. The SMILES string of the molecule is CCCn1c(=O)n(C2CC2)c(=O)c2[nH]c(-c3ccc(N(CCOC)C(=O)c4cccnc4)nc3)nc21. The maximum Gasteiger partial charge on any atom is 0.333 e. The number of carbonyl (C=O) groups is 1. The van der Waals surface area contributed by atoms with Crippen molar-refractivity contribution in [1.29, 1.82) is 0 Å². The van der Waals surface area contributed by atoms with Crippen molar-refractivity contribution >= 4 is 22.9 Å². The lowest BCUT2D eigenvalue weighted by Crippen LogP contribution is -2.39. The molecule has 186 valence electrons. The van der Waals surface area contributed by atoms with Crippen LogP contribution in [-0.4, -0.2) is 55.2 Å². The highest BCUT2D eigenvalue weighted by Gasteiger charge is 2.30. The topological polar surface area (TPSA) is 128 Å². The van der Waals surface area contributed by atoms with Crippen LogP contribution in [0.5, 0.6) is 0 Å². The molecule has 11 heteroatoms. The molecule has 5 rings (SSSR count). The van der Waals surface area contributed by atoms with Gasteiger partial charge in [-0.3, -0.25) is 28.6 Å². The van der Waals surface area contributed by atoms with Crippen LogP contribution in [0.15, 0.2) is 52.4 Å². The molecule has 0 unspecified atom stereocenters. The van der Waals surface area contributed by atoms with Crippen molar-refractivity contribution < 1.29 is 9.53 Å². The molecule has 1 saturated carbocycles. The number of rotatable bonds is 9. The van der Waals surface area contributed by atoms with Crippen LogP contribution >= 0.6 is 0 Å². The molecule has 1 amide bonds. The molecule has 4 heterocycles. The highest BCUT2D eigenvalue weighted by Crippen LogP contribution is 2.32. The van der Waals surface area contributed by atoms with Crippen LogP contribution in [0, 0.1) is 0 Å². The van der Waals surface area contributed by atoms with E-state index >= 15 is 0 Å². The fourth-order valence-electron chi connectivity index (χ4n) is 4.19. The predicted octanol–water partition coefficient (Wildman–Crippen LogP) is 2.38. The van der Waals surface area contributed by atoms with Crippen LogP contribution in [0.1, 0.15) is 42.6 Å². The van der Waals surface area contributed by atoms with Gasteiger partial charge in [-0.1, -0.05) is 6.92 Å². The number of pyridine rings is 2. The third-order valence-electron chi connectivity index (χ3n) is 6.14. The highest BCUT2D eigenvalue weighted by molar-refractivity contribution is 6.05. The second-order valence-corrected chi connectivity index (χ2v) is 8.72. The van der Waals surface area contributed by atoms with E-state index < -0.39 is 0 Å². The predicted molar refractivity (Wildman–Crippen MR) is 134 cm³/mol. The number of nitrogens with zero attached hydrogens (tertiary/aromatic N) is 6. The quantitative estimate of drug-likeness (QED) is 0.382. The molecule has 4 aromatic rings. The molecule has 0 bridgehead atoms. The Morgan fingerprint density at radius 2 is 2.06 bits per heavy atom. The molecule has 0 saturated heterocycles. The van der Waals surface area contributed by atoms with Gasteiger partial charge in [0.15, 0.2) is 5.65 Å². The van der Waals surface area contributed by atoms with Gasteiger partial charge < -0.3 is 9.72 Å². The molecule has 1 N–H and O–H groups in total. The number of hydrogen-bond acceptors (Lipinski definition) is 7. The van der Waals surface area contributed by atoms with Gasteiger partial charge in [0, 0.05) is 43.9 Å². The zero-order chi connectivity index (χ0) is 25.2. The van der Waals surface area contributed by atoms with Crippen LogP contribution in [0.2, 0.25) is 0 Å². The minimum absolute atomic E-state index is 0.0411. The maximum absolute atomic E-state index is 13.1. The van der Waals surface area contributed by atoms with Crippen LogP contribution in [-0.2, 0) is 11.3 Å². The van der Waals surface area contributed by atoms with Gasteiger partial charge in [-0.25, -0.2) is 14.8 Å². The molecule has 0 aliphatic heterocycles. The molecule has 1 aliphatic rings. The van der Waals surface area contributed by atoms with Gasteiger partial charge in [-0.2, -0.15) is 0 Å². The van der Waals surface area contributed by atoms with Crippen LogP contribution in [0.4, 0.5) is 5.82 Å². The summed E-state index contributed by atoms with van der Waals surface area (Å²) in [5.74, 6) is 0.633. The summed E-state index contributed by atoms with van der Waals surface area (Å²) >= 11 is 0. The Morgan fingerprint density at radius 3 is 2.69 bits per heavy atom. The van der Waals surface area contributed by atoms with E-state index in [-0.39, 0.29) is 23.2 Å². The fraction of sp³-hybridized carbons (Fsp3) is 0.360. The number of aryl methyl sites for hydroxylation is 1. The van der Waals surface area contributed by atoms with Gasteiger partial charge in [0.25, 0.3) is 11.5 Å². The summed E-state index contributed by atoms with van der Waals surface area (Å²) in [6, 6.07) is 6.85. The van der Waals surface area contributed by atoms with Crippen LogP contribution < -0.4 is 16.1 Å². The van der Waals surface area contributed by atoms with E-state index in [1.54, 1.807) is 48.3 Å². The van der Waals surface area contributed by atoms with Crippen molar-refractivity contribution in [1.82, 2.24) is 29.1 Å². The number of carbonyl (C=O) groups excluding carboxylic acids is 1. The molecule has 1 aliphatic carbocycles. The van der Waals surface area contributed by atoms with Crippen molar-refractivity contribution in [3.8, 4) is 11.4 Å². The van der Waals surface area contributed by atoms with E-state index in [4.69, 9.17) is 4.74 Å². The number of nitrogens with one attached hydrogen (secondary N) is 1. The molecule has 0 aromatic carbocycles. The van der Waals surface area contributed by atoms with Gasteiger partial charge in [-0.15, -0.1) is 0 Å². The van der Waals surface area contributed by atoms with Crippen LogP contribution in [0.25, 0.3) is 22.6 Å². The number of hydrogen-bond donors (Lipinski definition) is 1. The Hall–Kier alpha value is -4.12. The van der Waals surface area contributed by atoms with Crippen molar-refractivity contribution in [2.24, 2.45) is 0 Å². The molecule has 36 heavy (non-hydrogen) atoms. The van der Waals surface area contributed by atoms with Gasteiger partial charge in [0.1, 0.15) is 17.2 Å². The summed E-state index contributed by atoms with van der Waals surface area (Å²) < 4.78 is 8.09. The molecule has 0 radical (unpaired) electrons. The Balaban J connectivity index is 1.52. The minimum atomic E-state index is -0.346. The van der Waals surface area contributed by atoms with Gasteiger partial charge >= 0.3 is 5.69 Å². The number of methoxy groups -OCH3 is 1. The summed E-state index contributed by atoms with van der Waals surface area (Å²) in [6.45, 7) is 3.09. The number of ether oxygens (including phenoxy) is 1. The van der Waals surface area contributed by atoms with E-state index in [0.29, 0.717) is 53.6 Å². The largest absolute Gasteiger partial charge is 0.383 e. The third-order valence-corrected chi connectivity index (χ3v) is 6.14. The zero-order valence-electron chi connectivity index (χ0n) is 20.2. The van der Waals surface area contributed by atoms with Gasteiger partial charge in [-0.05, 0) is 43.5 Å². The van der Waals surface area contributed by atoms with Gasteiger partial charge in [0.2, 0.25) is 0 Å². The lowest BCUT2D eigenvalue weighted by molar-refractivity contribution is 0.0974. The van der Waals surface area contributed by atoms with E-state index in [0.717, 1.165) is 19.3 Å². The molecule has 11 nitrogen and oxygen atoms in total. The first kappa shape index (κ1) is 23.6. The minimum Gasteiger partial charge on any atom is -0.383 e. The Bertz CT molecular complexity index is 1500. The second-order valence-electron chi connectivity index (χ2n) is 8.72. The summed E-state index contributed by atoms with van der Waals surface area (Å²) in [7, 11) is 1.57. The smallest absolute Gasteiger partial charge is 0.333 e. The van der Waals surface area contributed by atoms with Gasteiger partial charge in [0.05, 0.1) is 18.7 Å². The second kappa shape index (κ2) is 9.86. The molecular weight excluding hydrogens is 462 g/mol. The van der Waals surface area contributed by atoms with Crippen LogP contribution in [0.3, 0.4) is 0 Å². The summed E-state index contributed by atoms with van der Waals surface area (Å²) in [5.41, 5.74) is 1.06. The molecule has 1 fully saturated rings. The zero-order valence-corrected chi connectivity index (χ0v) is 20.2. The lowest BCUT2D eigenvalue weighted by Gasteiger charge is -2.21. The summed E-state index contributed by atoms with van der Waals surface area (Å²) in [5, 5.41) is 0. The average Bonchev–Trinajstić information content (AvgIpc) is 3.64. The Kier molecular flexibility index (Phi) is 6.47. The Morgan fingerprint density at radius 1 is 1.22 bits per heavy atom. The standard InChI is InChI=1S/C25H27N7O4/c1-3-11-31-22-20(24(34)32(25(31)35)18-7-8-18)28-21(29-22)16-6-9-19(27-15-16)30(12-13-36-2)23(33)17-5-4-10-26-14-17/h4-6,9-10,14-15,18H,3,7-8,11-13H2,1-2H3,(H,28,29). The molecular formula is C25H27N7O4. The number of amides is 1. The number of imidazole rings is 1. The monoisotopic (exact) mass is 489 g/mol. The number of fused-ring (bicyclic) bond motifs is 1. The normalized spacial score (nSPS) is 13.3. The van der Waals surface area contributed by atoms with Crippen molar-refractivity contribution in [2.75, 3.05) is 25.2 Å². The summed E-state index contributed by atoms with van der Waals surface area (Å²) in [4.78, 5) is 56.9. The van der Waals surface area contributed by atoms with Crippen molar-refractivity contribution in [3.63, 3.8) is 0 Å². The summed E-state index contributed by atoms with van der Waals surface area (Å²) in [6.07, 6.45) is 7.10. The number of aromatic nitrogens is 6. The molecule has 4 aromatic heterocycles. The van der Waals surface area contributed by atoms with E-state index in [1.807, 2.05) is 6.92 Å². The van der Waals surface area contributed by atoms with E-state index in [9.17, 15) is 14.4 Å². The average molecular weight is 490 g/mol. The lowest BCUT2D eigenvalue weighted by atomic mass is 10.2. The first-order valence-electron chi connectivity index (χ1n) is 12.0. The first-order valence-corrected chi connectivity index (χ1v) is 12.0. The van der Waals surface area contributed by atoms with Crippen molar-refractivity contribution in [2.45, 2.75) is 38.8 Å². The highest BCUT2D eigenvalue weighted by atomic mass is 16.5. The molecule has 0 spiro atoms. The van der Waals surface area contributed by atoms with Crippen molar-refractivity contribution in [3.05, 3.63) is 69.3 Å².